The summed E-state index contributed by atoms with van der Waals surface area (Å²) in [4.78, 5) is 23.5. The molecule has 0 radical (unpaired) electrons. The second-order valence-corrected chi connectivity index (χ2v) is 6.72. The van der Waals surface area contributed by atoms with Crippen LogP contribution in [0.1, 0.15) is 35.0 Å². The zero-order valence-electron chi connectivity index (χ0n) is 14.0. The minimum absolute atomic E-state index is 0.0326. The van der Waals surface area contributed by atoms with Crippen LogP contribution >= 0.6 is 0 Å². The van der Waals surface area contributed by atoms with Crippen LogP contribution in [0.4, 0.5) is 4.39 Å². The summed E-state index contributed by atoms with van der Waals surface area (Å²) < 4.78 is 13.7. The molecule has 2 aliphatic rings. The number of amides is 1. The second kappa shape index (κ2) is 6.88. The summed E-state index contributed by atoms with van der Waals surface area (Å²) in [6.07, 6.45) is 3.80. The summed E-state index contributed by atoms with van der Waals surface area (Å²) in [5.74, 6) is 0.652. The lowest BCUT2D eigenvalue weighted by atomic mass is 10.1. The van der Waals surface area contributed by atoms with Crippen molar-refractivity contribution in [3.05, 3.63) is 58.9 Å². The van der Waals surface area contributed by atoms with Crippen LogP contribution in [0.2, 0.25) is 0 Å². The maximum Gasteiger partial charge on any atom is 0.227 e. The fraction of sp³-hybridized carbons (Fsp3) is 0.421. The molecule has 1 amide bonds. The highest BCUT2D eigenvalue weighted by molar-refractivity contribution is 5.79. The molecule has 1 saturated heterocycles. The largest absolute Gasteiger partial charge is 0.342 e. The van der Waals surface area contributed by atoms with Crippen LogP contribution < -0.4 is 5.32 Å². The number of nitrogens with zero attached hydrogens (tertiary/aromatic N) is 3. The molecule has 4 rings (SSSR count). The molecule has 2 aromatic rings. The predicted octanol–water partition coefficient (Wildman–Crippen LogP) is 1.82. The van der Waals surface area contributed by atoms with E-state index < -0.39 is 0 Å². The van der Waals surface area contributed by atoms with E-state index in [4.69, 9.17) is 4.98 Å². The smallest absolute Gasteiger partial charge is 0.227 e. The van der Waals surface area contributed by atoms with Gasteiger partial charge in [-0.15, -0.1) is 0 Å². The van der Waals surface area contributed by atoms with E-state index in [0.29, 0.717) is 18.7 Å². The molecule has 0 bridgehead atoms. The summed E-state index contributed by atoms with van der Waals surface area (Å²) in [6.45, 7) is 3.07. The van der Waals surface area contributed by atoms with Gasteiger partial charge in [0.2, 0.25) is 5.91 Å². The van der Waals surface area contributed by atoms with Gasteiger partial charge in [-0.2, -0.15) is 0 Å². The SMILES string of the molecule is O=C(Cc1ccccc1F)N1CC[C@@H](c2ncc3c(n2)CCNC3)C1. The maximum absolute atomic E-state index is 13.7. The first kappa shape index (κ1) is 16.1. The average molecular weight is 340 g/mol. The van der Waals surface area contributed by atoms with E-state index in [0.717, 1.165) is 37.4 Å². The zero-order valence-corrected chi connectivity index (χ0v) is 14.0. The van der Waals surface area contributed by atoms with Crippen molar-refractivity contribution < 1.29 is 9.18 Å². The van der Waals surface area contributed by atoms with Gasteiger partial charge in [-0.25, -0.2) is 14.4 Å². The minimum atomic E-state index is -0.321. The van der Waals surface area contributed by atoms with Gasteiger partial charge in [-0.1, -0.05) is 18.2 Å². The molecule has 0 spiro atoms. The third-order valence-corrected chi connectivity index (χ3v) is 5.03. The number of aromatic nitrogens is 2. The molecule has 1 aromatic heterocycles. The van der Waals surface area contributed by atoms with Crippen LogP contribution in [0, 0.1) is 5.82 Å². The van der Waals surface area contributed by atoms with E-state index in [-0.39, 0.29) is 24.1 Å². The highest BCUT2D eigenvalue weighted by Crippen LogP contribution is 2.26. The van der Waals surface area contributed by atoms with Gasteiger partial charge < -0.3 is 10.2 Å². The van der Waals surface area contributed by atoms with Gasteiger partial charge in [0, 0.05) is 56.0 Å². The van der Waals surface area contributed by atoms with Crippen LogP contribution in [0.15, 0.2) is 30.5 Å². The van der Waals surface area contributed by atoms with Crippen molar-refractivity contribution in [1.82, 2.24) is 20.2 Å². The number of carbonyl (C=O) groups excluding carboxylic acids is 1. The van der Waals surface area contributed by atoms with Crippen molar-refractivity contribution in [1.29, 1.82) is 0 Å². The number of likely N-dealkylation sites (tertiary alicyclic amines) is 1. The van der Waals surface area contributed by atoms with Gasteiger partial charge in [0.1, 0.15) is 11.6 Å². The van der Waals surface area contributed by atoms with Gasteiger partial charge in [-0.05, 0) is 18.1 Å². The third-order valence-electron chi connectivity index (χ3n) is 5.03. The Balaban J connectivity index is 1.43. The molecule has 1 N–H and O–H groups in total. The van der Waals surface area contributed by atoms with Gasteiger partial charge in [0.25, 0.3) is 0 Å². The van der Waals surface area contributed by atoms with Gasteiger partial charge in [0.15, 0.2) is 0 Å². The third kappa shape index (κ3) is 3.39. The first-order valence-corrected chi connectivity index (χ1v) is 8.77. The number of halogens is 1. The Labute approximate surface area is 146 Å². The molecular weight excluding hydrogens is 319 g/mol. The zero-order chi connectivity index (χ0) is 17.2. The molecule has 0 aliphatic carbocycles. The molecule has 5 nitrogen and oxygen atoms in total. The summed E-state index contributed by atoms with van der Waals surface area (Å²) >= 11 is 0. The monoisotopic (exact) mass is 340 g/mol. The van der Waals surface area contributed by atoms with Crippen molar-refractivity contribution in [2.45, 2.75) is 31.7 Å². The van der Waals surface area contributed by atoms with Crippen molar-refractivity contribution in [3.63, 3.8) is 0 Å². The first-order valence-electron chi connectivity index (χ1n) is 8.77. The summed E-state index contributed by atoms with van der Waals surface area (Å²) in [6, 6.07) is 6.46. The topological polar surface area (TPSA) is 58.1 Å². The van der Waals surface area contributed by atoms with Crippen LogP contribution in [0.3, 0.4) is 0 Å². The van der Waals surface area contributed by atoms with E-state index in [1.807, 2.05) is 11.1 Å². The number of hydrogen-bond acceptors (Lipinski definition) is 4. The molecule has 0 saturated carbocycles. The van der Waals surface area contributed by atoms with Crippen molar-refractivity contribution in [2.24, 2.45) is 0 Å². The fourth-order valence-electron chi connectivity index (χ4n) is 3.56. The number of carbonyl (C=O) groups is 1. The Morgan fingerprint density at radius 3 is 3.12 bits per heavy atom. The second-order valence-electron chi connectivity index (χ2n) is 6.72. The van der Waals surface area contributed by atoms with E-state index in [1.54, 1.807) is 18.2 Å². The molecule has 25 heavy (non-hydrogen) atoms. The Morgan fingerprint density at radius 2 is 2.24 bits per heavy atom. The average Bonchev–Trinajstić information content (AvgIpc) is 3.13. The van der Waals surface area contributed by atoms with Gasteiger partial charge >= 0.3 is 0 Å². The fourth-order valence-corrected chi connectivity index (χ4v) is 3.56. The summed E-state index contributed by atoms with van der Waals surface area (Å²) in [5.41, 5.74) is 2.74. The molecular formula is C19H21FN4O. The Bertz CT molecular complexity index is 795. The number of fused-ring (bicyclic) bond motifs is 1. The normalized spacial score (nSPS) is 19.7. The quantitative estimate of drug-likeness (QED) is 0.926. The van der Waals surface area contributed by atoms with Crippen molar-refractivity contribution >= 4 is 5.91 Å². The summed E-state index contributed by atoms with van der Waals surface area (Å²) in [7, 11) is 0. The van der Waals surface area contributed by atoms with Crippen molar-refractivity contribution in [3.8, 4) is 0 Å². The first-order chi connectivity index (χ1) is 12.2. The van der Waals surface area contributed by atoms with Crippen LogP contribution in [0.25, 0.3) is 0 Å². The number of hydrogen-bond donors (Lipinski definition) is 1. The van der Waals surface area contributed by atoms with E-state index in [2.05, 4.69) is 10.3 Å². The Hall–Kier alpha value is -2.34. The summed E-state index contributed by atoms with van der Waals surface area (Å²) in [5, 5.41) is 3.32. The number of benzene rings is 1. The highest BCUT2D eigenvalue weighted by Gasteiger charge is 2.30. The molecule has 1 atom stereocenters. The van der Waals surface area contributed by atoms with Crippen molar-refractivity contribution in [2.75, 3.05) is 19.6 Å². The number of nitrogens with one attached hydrogen (secondary N) is 1. The van der Waals surface area contributed by atoms with E-state index in [9.17, 15) is 9.18 Å². The molecule has 2 aliphatic heterocycles. The Morgan fingerprint density at radius 1 is 1.36 bits per heavy atom. The number of rotatable bonds is 3. The molecule has 6 heteroatoms. The maximum atomic E-state index is 13.7. The standard InChI is InChI=1S/C19H21FN4O/c20-16-4-2-1-3-13(16)9-18(25)24-8-6-14(12-24)19-22-11-15-10-21-7-5-17(15)23-19/h1-4,11,14,21H,5-10,12H2/t14-/m1/s1. The molecule has 1 aromatic carbocycles. The van der Waals surface area contributed by atoms with Gasteiger partial charge in [0.05, 0.1) is 6.42 Å². The molecule has 130 valence electrons. The lowest BCUT2D eigenvalue weighted by molar-refractivity contribution is -0.129. The molecule has 0 unspecified atom stereocenters. The minimum Gasteiger partial charge on any atom is -0.342 e. The van der Waals surface area contributed by atoms with E-state index in [1.165, 1.54) is 11.6 Å². The predicted molar refractivity (Wildman–Crippen MR) is 91.5 cm³/mol. The lowest BCUT2D eigenvalue weighted by Gasteiger charge is -2.19. The Kier molecular flexibility index (Phi) is 4.44. The lowest BCUT2D eigenvalue weighted by Crippen LogP contribution is -2.30. The van der Waals surface area contributed by atoms with Crippen LogP contribution in [0.5, 0.6) is 0 Å². The van der Waals surface area contributed by atoms with Crippen LogP contribution in [-0.2, 0) is 24.2 Å². The molecule has 3 heterocycles. The van der Waals surface area contributed by atoms with E-state index >= 15 is 0 Å². The van der Waals surface area contributed by atoms with Gasteiger partial charge in [-0.3, -0.25) is 4.79 Å². The molecule has 1 fully saturated rings. The highest BCUT2D eigenvalue weighted by atomic mass is 19.1. The van der Waals surface area contributed by atoms with Crippen LogP contribution in [-0.4, -0.2) is 40.4 Å².